The Morgan fingerprint density at radius 3 is 2.75 bits per heavy atom. The van der Waals surface area contributed by atoms with E-state index >= 15 is 0 Å². The average molecular weight is 291 g/mol. The van der Waals surface area contributed by atoms with Crippen molar-refractivity contribution in [2.24, 2.45) is 10.1 Å². The van der Waals surface area contributed by atoms with Crippen LogP contribution >= 0.6 is 11.8 Å². The molecule has 0 radical (unpaired) electrons. The summed E-state index contributed by atoms with van der Waals surface area (Å²) in [7, 11) is 3.32. The molecule has 0 spiro atoms. The number of hydrazone groups is 1. The van der Waals surface area contributed by atoms with E-state index < -0.39 is 0 Å². The summed E-state index contributed by atoms with van der Waals surface area (Å²) in [5, 5.41) is 5.34. The maximum Gasteiger partial charge on any atom is 0.177 e. The lowest BCUT2D eigenvalue weighted by Crippen LogP contribution is -2.26. The maximum atomic E-state index is 5.40. The fourth-order valence-corrected chi connectivity index (χ4v) is 2.76. The number of nitrogens with one attached hydrogen (secondary N) is 1. The van der Waals surface area contributed by atoms with Crippen molar-refractivity contribution in [2.75, 3.05) is 20.0 Å². The highest BCUT2D eigenvalue weighted by Gasteiger charge is 2.23. The molecule has 1 aromatic carbocycles. The number of amidine groups is 1. The van der Waals surface area contributed by atoms with Crippen molar-refractivity contribution >= 4 is 22.6 Å². The van der Waals surface area contributed by atoms with Crippen LogP contribution in [0, 0.1) is 0 Å². The van der Waals surface area contributed by atoms with Crippen LogP contribution in [0.1, 0.15) is 18.4 Å². The Morgan fingerprint density at radius 1 is 1.30 bits per heavy atom. The van der Waals surface area contributed by atoms with Crippen molar-refractivity contribution in [3.8, 4) is 11.5 Å². The first-order chi connectivity index (χ1) is 9.80. The number of rotatable bonds is 4. The molecule has 5 nitrogen and oxygen atoms in total. The highest BCUT2D eigenvalue weighted by atomic mass is 32.2. The van der Waals surface area contributed by atoms with Gasteiger partial charge >= 0.3 is 0 Å². The predicted octanol–water partition coefficient (Wildman–Crippen LogP) is 2.26. The summed E-state index contributed by atoms with van der Waals surface area (Å²) >= 11 is 1.68. The summed E-state index contributed by atoms with van der Waals surface area (Å²) in [5.41, 5.74) is 4.93. The van der Waals surface area contributed by atoms with Crippen LogP contribution in [0.4, 0.5) is 0 Å². The van der Waals surface area contributed by atoms with Gasteiger partial charge in [-0.15, -0.1) is 0 Å². The van der Waals surface area contributed by atoms with Crippen molar-refractivity contribution < 1.29 is 9.47 Å². The molecule has 20 heavy (non-hydrogen) atoms. The van der Waals surface area contributed by atoms with Crippen LogP contribution in [-0.2, 0) is 0 Å². The van der Waals surface area contributed by atoms with Gasteiger partial charge in [0, 0.05) is 11.3 Å². The first-order valence-electron chi connectivity index (χ1n) is 6.55. The summed E-state index contributed by atoms with van der Waals surface area (Å²) in [4.78, 5) is 4.56. The van der Waals surface area contributed by atoms with Crippen molar-refractivity contribution in [1.82, 2.24) is 5.43 Å². The number of ether oxygens (including phenoxy) is 2. The van der Waals surface area contributed by atoms with Crippen molar-refractivity contribution in [3.05, 3.63) is 23.8 Å². The van der Waals surface area contributed by atoms with Gasteiger partial charge in [0.25, 0.3) is 0 Å². The van der Waals surface area contributed by atoms with Gasteiger partial charge in [-0.1, -0.05) is 11.8 Å². The van der Waals surface area contributed by atoms with Gasteiger partial charge in [0.15, 0.2) is 5.17 Å². The van der Waals surface area contributed by atoms with Gasteiger partial charge in [-0.2, -0.15) is 5.10 Å². The fraction of sp³-hybridized carbons (Fsp3) is 0.429. The van der Waals surface area contributed by atoms with Crippen molar-refractivity contribution in [2.45, 2.75) is 18.9 Å². The fourth-order valence-electron chi connectivity index (χ4n) is 1.93. The first kappa shape index (κ1) is 13.3. The molecule has 0 atom stereocenters. The number of thioether (sulfide) groups is 1. The van der Waals surface area contributed by atoms with Crippen molar-refractivity contribution in [1.29, 1.82) is 0 Å². The average Bonchev–Trinajstić information content (AvgIpc) is 3.31. The Hall–Kier alpha value is -1.69. The third kappa shape index (κ3) is 2.90. The van der Waals surface area contributed by atoms with E-state index in [0.717, 1.165) is 33.7 Å². The van der Waals surface area contributed by atoms with Gasteiger partial charge in [-0.3, -0.25) is 10.4 Å². The van der Waals surface area contributed by atoms with Crippen LogP contribution in [0.3, 0.4) is 0 Å². The molecule has 1 aliphatic carbocycles. The first-order valence-corrected chi connectivity index (χ1v) is 7.54. The molecule has 1 aromatic rings. The van der Waals surface area contributed by atoms with E-state index in [-0.39, 0.29) is 0 Å². The van der Waals surface area contributed by atoms with Crippen LogP contribution in [0.5, 0.6) is 11.5 Å². The van der Waals surface area contributed by atoms with Gasteiger partial charge in [0.1, 0.15) is 11.5 Å². The normalized spacial score (nSPS) is 20.3. The monoisotopic (exact) mass is 291 g/mol. The van der Waals surface area contributed by atoms with Crippen LogP contribution in [0.2, 0.25) is 0 Å². The van der Waals surface area contributed by atoms with Gasteiger partial charge in [0.05, 0.1) is 26.0 Å². The van der Waals surface area contributed by atoms with E-state index in [9.17, 15) is 0 Å². The van der Waals surface area contributed by atoms with E-state index in [1.54, 1.807) is 26.0 Å². The molecule has 106 valence electrons. The smallest absolute Gasteiger partial charge is 0.177 e. The number of aliphatic imine (C=N–C) groups is 1. The number of hydrogen-bond acceptors (Lipinski definition) is 5. The molecule has 1 N–H and O–H groups in total. The Bertz CT molecular complexity index is 568. The molecular formula is C14H17N3O2S. The SMILES string of the molecule is COc1ccc(OC)c(C2=NNC(=NC3CC3)SC2)c1. The Labute approximate surface area is 122 Å². The quantitative estimate of drug-likeness (QED) is 0.924. The second-order valence-corrected chi connectivity index (χ2v) is 5.65. The molecule has 0 amide bonds. The van der Waals surface area contributed by atoms with E-state index in [4.69, 9.17) is 9.47 Å². The van der Waals surface area contributed by atoms with Crippen LogP contribution < -0.4 is 14.9 Å². The molecule has 1 fully saturated rings. The Morgan fingerprint density at radius 2 is 2.15 bits per heavy atom. The minimum atomic E-state index is 0.508. The number of methoxy groups -OCH3 is 2. The number of hydrogen-bond donors (Lipinski definition) is 1. The second kappa shape index (κ2) is 5.75. The summed E-state index contributed by atoms with van der Waals surface area (Å²) in [6, 6.07) is 6.23. The zero-order valence-corrected chi connectivity index (χ0v) is 12.4. The van der Waals surface area contributed by atoms with Crippen LogP contribution in [0.25, 0.3) is 0 Å². The Kier molecular flexibility index (Phi) is 3.82. The summed E-state index contributed by atoms with van der Waals surface area (Å²) in [6.45, 7) is 0. The zero-order valence-electron chi connectivity index (χ0n) is 11.5. The topological polar surface area (TPSA) is 55.2 Å². The predicted molar refractivity (Wildman–Crippen MR) is 82.1 cm³/mol. The summed E-state index contributed by atoms with van der Waals surface area (Å²) in [6.07, 6.45) is 2.40. The van der Waals surface area contributed by atoms with Crippen molar-refractivity contribution in [3.63, 3.8) is 0 Å². The van der Waals surface area contributed by atoms with E-state index in [1.807, 2.05) is 18.2 Å². The standard InChI is InChI=1S/C14H17N3O2S/c1-18-10-5-6-13(19-2)11(7-10)12-8-20-14(17-16-12)15-9-3-4-9/h5-7,9H,3-4,8H2,1-2H3,(H,15,17). The molecule has 1 aliphatic heterocycles. The third-order valence-corrected chi connectivity index (χ3v) is 4.08. The lowest BCUT2D eigenvalue weighted by Gasteiger charge is -2.17. The molecule has 1 saturated carbocycles. The lowest BCUT2D eigenvalue weighted by molar-refractivity contribution is 0.402. The molecule has 3 rings (SSSR count). The minimum absolute atomic E-state index is 0.508. The van der Waals surface area contributed by atoms with Gasteiger partial charge in [-0.05, 0) is 31.0 Å². The van der Waals surface area contributed by atoms with Crippen LogP contribution in [0.15, 0.2) is 28.3 Å². The highest BCUT2D eigenvalue weighted by molar-refractivity contribution is 8.14. The summed E-state index contributed by atoms with van der Waals surface area (Å²) in [5.74, 6) is 2.38. The van der Waals surface area contributed by atoms with Gasteiger partial charge < -0.3 is 9.47 Å². The summed E-state index contributed by atoms with van der Waals surface area (Å²) < 4.78 is 10.7. The largest absolute Gasteiger partial charge is 0.497 e. The molecule has 2 aliphatic rings. The molecule has 0 aromatic heterocycles. The molecule has 0 bridgehead atoms. The molecule has 0 saturated heterocycles. The van der Waals surface area contributed by atoms with Crippen LogP contribution in [-0.4, -0.2) is 36.9 Å². The Balaban J connectivity index is 1.83. The molecular weight excluding hydrogens is 274 g/mol. The third-order valence-electron chi connectivity index (χ3n) is 3.20. The molecule has 1 heterocycles. The zero-order chi connectivity index (χ0) is 13.9. The molecule has 0 unspecified atom stereocenters. The van der Waals surface area contributed by atoms with E-state index in [0.29, 0.717) is 6.04 Å². The lowest BCUT2D eigenvalue weighted by atomic mass is 10.1. The maximum absolute atomic E-state index is 5.40. The minimum Gasteiger partial charge on any atom is -0.497 e. The second-order valence-electron chi connectivity index (χ2n) is 4.69. The highest BCUT2D eigenvalue weighted by Crippen LogP contribution is 2.28. The van der Waals surface area contributed by atoms with Gasteiger partial charge in [-0.25, -0.2) is 0 Å². The molecule has 6 heteroatoms. The number of nitrogens with zero attached hydrogens (tertiary/aromatic N) is 2. The number of benzene rings is 1. The van der Waals surface area contributed by atoms with E-state index in [2.05, 4.69) is 15.5 Å². The van der Waals surface area contributed by atoms with E-state index in [1.165, 1.54) is 12.8 Å². The van der Waals surface area contributed by atoms with Gasteiger partial charge in [0.2, 0.25) is 0 Å².